The summed E-state index contributed by atoms with van der Waals surface area (Å²) < 4.78 is 30.5. The molecule has 262 valence electrons. The Bertz CT molecular complexity index is 1640. The number of carbonyl (C=O) groups is 2. The highest BCUT2D eigenvalue weighted by Gasteiger charge is 2.68. The van der Waals surface area contributed by atoms with Gasteiger partial charge in [-0.05, 0) is 87.8 Å². The number of hydrogen-bond acceptors (Lipinski definition) is 9. The zero-order chi connectivity index (χ0) is 34.6. The molecule has 2 bridgehead atoms. The van der Waals surface area contributed by atoms with Gasteiger partial charge in [-0.25, -0.2) is 4.79 Å². The SMILES string of the molecule is CC1(C)[C@@H]2C[C@H]3OB([C@H](Cc4coc5ccccc45)NC(=O)OC[C@H]4CCCN4C(=O)C(C#N)=CC(C)(C)N4CCOCC4)O[C@@]3(C)[C@H]1C2. The molecule has 49 heavy (non-hydrogen) atoms. The Labute approximate surface area is 289 Å². The summed E-state index contributed by atoms with van der Waals surface area (Å²) >= 11 is 0. The Morgan fingerprint density at radius 1 is 1.18 bits per heavy atom. The first kappa shape index (κ1) is 34.1. The molecule has 4 heterocycles. The molecule has 0 unspecified atom stereocenters. The Morgan fingerprint density at radius 2 is 1.96 bits per heavy atom. The minimum atomic E-state index is -0.658. The number of nitriles is 1. The van der Waals surface area contributed by atoms with Gasteiger partial charge in [0.2, 0.25) is 0 Å². The molecule has 11 nitrogen and oxygen atoms in total. The predicted octanol–water partition coefficient (Wildman–Crippen LogP) is 4.89. The van der Waals surface area contributed by atoms with Gasteiger partial charge in [-0.3, -0.25) is 9.69 Å². The summed E-state index contributed by atoms with van der Waals surface area (Å²) in [5.41, 5.74) is 1.10. The highest BCUT2D eigenvalue weighted by atomic mass is 16.7. The number of amides is 2. The van der Waals surface area contributed by atoms with E-state index < -0.39 is 30.3 Å². The largest absolute Gasteiger partial charge is 0.482 e. The molecule has 3 aliphatic carbocycles. The summed E-state index contributed by atoms with van der Waals surface area (Å²) in [7, 11) is -0.658. The van der Waals surface area contributed by atoms with E-state index in [9.17, 15) is 14.9 Å². The summed E-state index contributed by atoms with van der Waals surface area (Å²) in [6.45, 7) is 14.1. The number of para-hydroxylation sites is 1. The van der Waals surface area contributed by atoms with Crippen molar-refractivity contribution in [1.82, 2.24) is 15.1 Å². The van der Waals surface area contributed by atoms with Crippen molar-refractivity contribution in [3.05, 3.63) is 47.7 Å². The molecule has 2 amide bonds. The van der Waals surface area contributed by atoms with Gasteiger partial charge in [0.05, 0.1) is 43.2 Å². The molecule has 1 aromatic heterocycles. The third kappa shape index (κ3) is 6.28. The Hall–Kier alpha value is -3.37. The smallest absolute Gasteiger partial charge is 0.464 e. The third-order valence-electron chi connectivity index (χ3n) is 12.3. The lowest BCUT2D eigenvalue weighted by atomic mass is 9.43. The quantitative estimate of drug-likeness (QED) is 0.225. The average molecular weight is 673 g/mol. The molecular formula is C37H49BN4O7. The molecule has 6 atom stereocenters. The first-order chi connectivity index (χ1) is 23.4. The van der Waals surface area contributed by atoms with Gasteiger partial charge in [-0.15, -0.1) is 0 Å². The van der Waals surface area contributed by atoms with Crippen LogP contribution in [0.5, 0.6) is 0 Å². The van der Waals surface area contributed by atoms with Crippen LogP contribution in [0.2, 0.25) is 0 Å². The van der Waals surface area contributed by atoms with E-state index in [2.05, 4.69) is 37.1 Å². The first-order valence-electron chi connectivity index (χ1n) is 17.9. The molecule has 2 aromatic rings. The van der Waals surface area contributed by atoms with E-state index >= 15 is 0 Å². The number of benzene rings is 1. The molecule has 3 aliphatic heterocycles. The first-order valence-corrected chi connectivity index (χ1v) is 17.9. The fraction of sp³-hybridized carbons (Fsp3) is 0.649. The Kier molecular flexibility index (Phi) is 9.10. The van der Waals surface area contributed by atoms with Crippen molar-refractivity contribution in [1.29, 1.82) is 5.26 Å². The lowest BCUT2D eigenvalue weighted by Gasteiger charge is -2.64. The van der Waals surface area contributed by atoms with E-state index in [0.29, 0.717) is 44.4 Å². The highest BCUT2D eigenvalue weighted by Crippen LogP contribution is 2.65. The summed E-state index contributed by atoms with van der Waals surface area (Å²) in [5.74, 6) is 0.123. The van der Waals surface area contributed by atoms with Crippen LogP contribution in [0.4, 0.5) is 4.79 Å². The van der Waals surface area contributed by atoms with Crippen molar-refractivity contribution in [3.63, 3.8) is 0 Å². The molecule has 3 saturated carbocycles. The summed E-state index contributed by atoms with van der Waals surface area (Å²) in [5, 5.41) is 14.1. The van der Waals surface area contributed by atoms with Crippen LogP contribution in [-0.2, 0) is 30.0 Å². The topological polar surface area (TPSA) is 127 Å². The van der Waals surface area contributed by atoms with Crippen molar-refractivity contribution in [3.8, 4) is 6.07 Å². The number of likely N-dealkylation sites (tertiary alicyclic amines) is 1. The molecule has 12 heteroatoms. The van der Waals surface area contributed by atoms with Gasteiger partial charge in [0, 0.05) is 30.6 Å². The predicted molar refractivity (Wildman–Crippen MR) is 183 cm³/mol. The van der Waals surface area contributed by atoms with Gasteiger partial charge in [0.25, 0.3) is 5.91 Å². The molecule has 0 spiro atoms. The number of hydrogen-bond donors (Lipinski definition) is 1. The normalized spacial score (nSPS) is 30.4. The maximum Gasteiger partial charge on any atom is 0.482 e. The van der Waals surface area contributed by atoms with E-state index in [4.69, 9.17) is 23.2 Å². The van der Waals surface area contributed by atoms with E-state index in [1.54, 1.807) is 17.2 Å². The standard InChI is InChI=1S/C37H49BN4O7/c1-35(2,41-13-15-45-16-14-41)20-25(21-39)33(43)42-12-8-9-27(42)23-47-34(44)40-32(17-24-22-46-29-11-7-6-10-28(24)29)38-48-31-19-26-18-30(36(26,3)4)37(31,5)49-38/h6-7,10-11,20,22,26-27,30-32H,8-9,12-19,23H2,1-5H3,(H,40,44)/t26-,27+,30-,31+,32-,37-/m0/s1. The number of alkyl carbamates (subject to hydrolysis) is 1. The van der Waals surface area contributed by atoms with Crippen LogP contribution in [0, 0.1) is 28.6 Å². The maximum absolute atomic E-state index is 13.7. The van der Waals surface area contributed by atoms with Crippen LogP contribution >= 0.6 is 0 Å². The second kappa shape index (κ2) is 13.1. The van der Waals surface area contributed by atoms with Crippen LogP contribution in [0.1, 0.15) is 65.9 Å². The molecule has 1 aromatic carbocycles. The van der Waals surface area contributed by atoms with E-state index in [1.807, 2.05) is 38.1 Å². The van der Waals surface area contributed by atoms with Gasteiger partial charge >= 0.3 is 13.2 Å². The van der Waals surface area contributed by atoms with Crippen LogP contribution < -0.4 is 5.32 Å². The summed E-state index contributed by atoms with van der Waals surface area (Å²) in [4.78, 5) is 31.1. The van der Waals surface area contributed by atoms with Gasteiger partial charge in [0.1, 0.15) is 23.8 Å². The molecule has 1 N–H and O–H groups in total. The van der Waals surface area contributed by atoms with Crippen molar-refractivity contribution in [2.24, 2.45) is 17.3 Å². The molecule has 0 radical (unpaired) electrons. The van der Waals surface area contributed by atoms with Crippen molar-refractivity contribution in [2.45, 2.75) is 95.9 Å². The molecule has 8 rings (SSSR count). The fourth-order valence-electron chi connectivity index (χ4n) is 9.24. The van der Waals surface area contributed by atoms with Crippen molar-refractivity contribution >= 4 is 30.1 Å². The van der Waals surface area contributed by atoms with Gasteiger partial charge in [-0.1, -0.05) is 32.0 Å². The fourth-order valence-corrected chi connectivity index (χ4v) is 9.24. The minimum Gasteiger partial charge on any atom is -0.464 e. The van der Waals surface area contributed by atoms with Gasteiger partial charge < -0.3 is 33.4 Å². The maximum atomic E-state index is 13.7. The van der Waals surface area contributed by atoms with Crippen LogP contribution in [0.3, 0.4) is 0 Å². The van der Waals surface area contributed by atoms with Gasteiger partial charge in [0.15, 0.2) is 0 Å². The molecule has 3 saturated heterocycles. The number of rotatable bonds is 9. The monoisotopic (exact) mass is 672 g/mol. The zero-order valence-corrected chi connectivity index (χ0v) is 29.4. The number of carbonyl (C=O) groups excluding carboxylic acids is 2. The second-order valence-electron chi connectivity index (χ2n) is 15.9. The lowest BCUT2D eigenvalue weighted by molar-refractivity contribution is -0.199. The number of nitrogens with zero attached hydrogens (tertiary/aromatic N) is 3. The third-order valence-corrected chi connectivity index (χ3v) is 12.3. The number of nitrogens with one attached hydrogen (secondary N) is 1. The van der Waals surface area contributed by atoms with E-state index in [1.165, 1.54) is 0 Å². The molecule has 6 fully saturated rings. The Balaban J connectivity index is 1.03. The van der Waals surface area contributed by atoms with Crippen LogP contribution in [0.25, 0.3) is 11.0 Å². The minimum absolute atomic E-state index is 0.0230. The molecule has 6 aliphatic rings. The Morgan fingerprint density at radius 3 is 2.71 bits per heavy atom. The number of fused-ring (bicyclic) bond motifs is 1. The molecular weight excluding hydrogens is 623 g/mol. The second-order valence-corrected chi connectivity index (χ2v) is 15.9. The number of furan rings is 1. The zero-order valence-electron chi connectivity index (χ0n) is 29.4. The lowest BCUT2D eigenvalue weighted by Crippen LogP contribution is -2.65. The van der Waals surface area contributed by atoms with E-state index in [-0.39, 0.29) is 35.6 Å². The van der Waals surface area contributed by atoms with Crippen LogP contribution in [0.15, 0.2) is 46.6 Å². The van der Waals surface area contributed by atoms with Crippen molar-refractivity contribution < 1.29 is 32.8 Å². The summed E-state index contributed by atoms with van der Waals surface area (Å²) in [6.07, 6.45) is 6.81. The highest BCUT2D eigenvalue weighted by molar-refractivity contribution is 6.48. The van der Waals surface area contributed by atoms with E-state index in [0.717, 1.165) is 48.9 Å². The number of ether oxygens (including phenoxy) is 2. The van der Waals surface area contributed by atoms with Crippen molar-refractivity contribution in [2.75, 3.05) is 39.5 Å². The number of morpholine rings is 1. The van der Waals surface area contributed by atoms with Crippen LogP contribution in [-0.4, -0.2) is 97.6 Å². The summed E-state index contributed by atoms with van der Waals surface area (Å²) in [6, 6.07) is 9.65. The van der Waals surface area contributed by atoms with Gasteiger partial charge in [-0.2, -0.15) is 5.26 Å². The average Bonchev–Trinajstić information content (AvgIpc) is 3.82.